The first-order valence-electron chi connectivity index (χ1n) is 12.2. The van der Waals surface area contributed by atoms with E-state index in [1.165, 1.54) is 0 Å². The Kier molecular flexibility index (Phi) is 16.1. The van der Waals surface area contributed by atoms with Gasteiger partial charge in [0.25, 0.3) is 0 Å². The summed E-state index contributed by atoms with van der Waals surface area (Å²) in [5.74, 6) is 1.41. The molecule has 0 spiro atoms. The summed E-state index contributed by atoms with van der Waals surface area (Å²) in [6.45, 7) is 5.08. The number of hydrogen-bond acceptors (Lipinski definition) is 7. The molecule has 205 valence electrons. The van der Waals surface area contributed by atoms with Crippen molar-refractivity contribution in [2.45, 2.75) is 57.0 Å². The van der Waals surface area contributed by atoms with Crippen LogP contribution in [-0.2, 0) is 56.0 Å². The smallest absolute Gasteiger partial charge is 0.137 e. The summed E-state index contributed by atoms with van der Waals surface area (Å²) in [6, 6.07) is 6.53. The Bertz CT molecular complexity index is 868. The Morgan fingerprint density at radius 2 is 1.94 bits per heavy atom. The molecule has 2 fully saturated rings. The molecule has 1 aromatic rings. The molecule has 0 aromatic heterocycles. The number of rotatable bonds is 13. The van der Waals surface area contributed by atoms with Gasteiger partial charge in [-0.15, -0.1) is 0 Å². The second-order valence-corrected chi connectivity index (χ2v) is 10.8. The predicted molar refractivity (Wildman–Crippen MR) is 145 cm³/mol. The number of carbonyl (C=O) groups is 1. The topological polar surface area (TPSA) is 87.5 Å². The quantitative estimate of drug-likeness (QED) is 0.175. The summed E-state index contributed by atoms with van der Waals surface area (Å²) < 4.78 is 0. The molecular formula is C25H34Cl2N3O3ReS2-5. The fourth-order valence-corrected chi connectivity index (χ4v) is 6.37. The number of halogens is 2. The number of fused-ring (bicyclic) bond motifs is 2. The molecule has 0 amide bonds. The Morgan fingerprint density at radius 3 is 2.58 bits per heavy atom. The third-order valence-electron chi connectivity index (χ3n) is 7.19. The second-order valence-electron chi connectivity index (χ2n) is 9.21. The zero-order chi connectivity index (χ0) is 24.7. The van der Waals surface area contributed by atoms with Crippen molar-refractivity contribution < 1.29 is 35.8 Å². The standard InChI is InChI=1S/C25H37Cl2N3O2S2.O.Re/c1-2-23(31)25-19(17-4-6-20(26)21(27)14-17)15-18-5-7-22(25)30(18)10-3-9-29(11-13-34)16-24(32)28-8-12-33;;/h4,6,14,18-19,22,25,33-34H,2-3,5,7-13,15-16H2,1H3,(H,28,32);;/q;-2;/p-3/t18?,19?,22?,25-;;/m0../s1. The van der Waals surface area contributed by atoms with Gasteiger partial charge in [-0.2, -0.15) is 11.5 Å². The largest absolute Gasteiger partial charge is 2.00 e. The summed E-state index contributed by atoms with van der Waals surface area (Å²) in [5.41, 5.74) is 1.12. The third kappa shape index (κ3) is 8.86. The van der Waals surface area contributed by atoms with Gasteiger partial charge in [-0.1, -0.05) is 36.2 Å². The molecule has 36 heavy (non-hydrogen) atoms. The van der Waals surface area contributed by atoms with E-state index in [4.69, 9.17) is 48.5 Å². The van der Waals surface area contributed by atoms with E-state index in [0.717, 1.165) is 44.3 Å². The number of aliphatic imine (C=N–C) groups is 1. The van der Waals surface area contributed by atoms with Crippen LogP contribution in [0.3, 0.4) is 0 Å². The maximum Gasteiger partial charge on any atom is 0.137 e. The average Bonchev–Trinajstić information content (AvgIpc) is 3.09. The molecule has 0 aliphatic carbocycles. The van der Waals surface area contributed by atoms with Gasteiger partial charge in [0.1, 0.15) is 5.78 Å². The van der Waals surface area contributed by atoms with Crippen LogP contribution in [0.2, 0.25) is 10.0 Å². The van der Waals surface area contributed by atoms with Gasteiger partial charge < -0.3 is 45.7 Å². The van der Waals surface area contributed by atoms with Gasteiger partial charge in [-0.05, 0) is 74.8 Å². The molecule has 6 nitrogen and oxygen atoms in total. The van der Waals surface area contributed by atoms with E-state index in [1.54, 1.807) is 0 Å². The molecular weight excluding hydrogens is 712 g/mol. The van der Waals surface area contributed by atoms with Gasteiger partial charge in [0.2, 0.25) is 0 Å². The molecule has 1 radical (unpaired) electrons. The zero-order valence-electron chi connectivity index (χ0n) is 20.5. The van der Waals surface area contributed by atoms with Crippen LogP contribution in [0.4, 0.5) is 0 Å². The molecule has 11 heteroatoms. The van der Waals surface area contributed by atoms with E-state index in [9.17, 15) is 9.90 Å². The first kappa shape index (κ1) is 34.2. The Hall–Kier alpha value is 0.182. The number of nitrogens with zero attached hydrogens (tertiary/aromatic N) is 3. The van der Waals surface area contributed by atoms with Crippen LogP contribution in [0.25, 0.3) is 0 Å². The average molecular weight is 746 g/mol. The minimum atomic E-state index is -0.121. The van der Waals surface area contributed by atoms with E-state index < -0.39 is 0 Å². The van der Waals surface area contributed by atoms with Gasteiger partial charge in [-0.3, -0.25) is 9.69 Å². The zero-order valence-corrected chi connectivity index (χ0v) is 26.4. The maximum absolute atomic E-state index is 13.1. The van der Waals surface area contributed by atoms with Crippen molar-refractivity contribution in [1.29, 1.82) is 0 Å². The molecule has 2 saturated heterocycles. The molecule has 0 N–H and O–H groups in total. The Labute approximate surface area is 250 Å². The first-order valence-corrected chi connectivity index (χ1v) is 14.1. The van der Waals surface area contributed by atoms with Crippen LogP contribution in [0, 0.1) is 5.92 Å². The number of hydrogen-bond donors (Lipinski definition) is 0. The molecule has 2 heterocycles. The summed E-state index contributed by atoms with van der Waals surface area (Å²) >= 11 is 22.5. The van der Waals surface area contributed by atoms with Crippen LogP contribution < -0.4 is 5.11 Å². The first-order chi connectivity index (χ1) is 16.4. The molecule has 2 aliphatic heterocycles. The van der Waals surface area contributed by atoms with Crippen LogP contribution in [0.1, 0.15) is 50.5 Å². The second kappa shape index (κ2) is 17.0. The summed E-state index contributed by atoms with van der Waals surface area (Å²) in [4.78, 5) is 21.8. The molecule has 0 saturated carbocycles. The van der Waals surface area contributed by atoms with Crippen LogP contribution >= 0.6 is 23.2 Å². The molecule has 4 atom stereocenters. The van der Waals surface area contributed by atoms with Gasteiger partial charge in [0.15, 0.2) is 0 Å². The van der Waals surface area contributed by atoms with Gasteiger partial charge in [-0.25, -0.2) is 0 Å². The fourth-order valence-electron chi connectivity index (χ4n) is 5.71. The van der Waals surface area contributed by atoms with Crippen molar-refractivity contribution >= 4 is 60.1 Å². The minimum Gasteiger partial charge on any atom is -2.00 e. The fraction of sp³-hybridized carbons (Fsp3) is 0.680. The Balaban J connectivity index is 0.00000324. The SMILES string of the molecule is CCC(=O)[C@H]1C(c2ccc(Cl)c(Cl)c2)CC2CCC1N2CCCN(CC[S-])CC([O-])=NCC[S-].[O-2].[Re]. The Morgan fingerprint density at radius 1 is 1.19 bits per heavy atom. The molecule has 3 rings (SSSR count). The monoisotopic (exact) mass is 745 g/mol. The van der Waals surface area contributed by atoms with Crippen molar-refractivity contribution in [1.82, 2.24) is 9.80 Å². The van der Waals surface area contributed by atoms with Crippen molar-refractivity contribution in [3.63, 3.8) is 0 Å². The molecule has 2 aliphatic rings. The van der Waals surface area contributed by atoms with E-state index in [2.05, 4.69) is 14.8 Å². The maximum atomic E-state index is 13.1. The van der Waals surface area contributed by atoms with Gasteiger partial charge in [0, 0.05) is 57.9 Å². The number of piperidine rings is 1. The van der Waals surface area contributed by atoms with E-state index in [1.807, 2.05) is 25.1 Å². The molecule has 2 bridgehead atoms. The van der Waals surface area contributed by atoms with E-state index >= 15 is 0 Å². The molecule has 3 unspecified atom stereocenters. The van der Waals surface area contributed by atoms with Crippen molar-refractivity contribution in [2.24, 2.45) is 10.9 Å². The van der Waals surface area contributed by atoms with E-state index in [-0.39, 0.29) is 49.7 Å². The normalized spacial score (nSPS) is 23.9. The molecule has 1 aromatic carbocycles. The number of carbonyl (C=O) groups excluding carboxylic acids is 1. The number of Topliss-reactive ketones (excluding diaryl/α,β-unsaturated/α-hetero) is 1. The minimum absolute atomic E-state index is 0. The van der Waals surface area contributed by atoms with Crippen LogP contribution in [0.15, 0.2) is 23.2 Å². The summed E-state index contributed by atoms with van der Waals surface area (Å²) in [5, 5.41) is 13.2. The predicted octanol–water partition coefficient (Wildman–Crippen LogP) is 3.33. The van der Waals surface area contributed by atoms with Crippen LogP contribution in [-0.4, -0.2) is 77.8 Å². The van der Waals surface area contributed by atoms with Gasteiger partial charge in [0.05, 0.1) is 10.0 Å². The summed E-state index contributed by atoms with van der Waals surface area (Å²) in [7, 11) is 0. The number of benzene rings is 1. The summed E-state index contributed by atoms with van der Waals surface area (Å²) in [6.07, 6.45) is 4.60. The number of ketones is 1. The van der Waals surface area contributed by atoms with Gasteiger partial charge >= 0.3 is 0 Å². The van der Waals surface area contributed by atoms with Crippen molar-refractivity contribution in [2.75, 3.05) is 44.2 Å². The van der Waals surface area contributed by atoms with E-state index in [0.29, 0.717) is 59.4 Å². The van der Waals surface area contributed by atoms with Crippen LogP contribution in [0.5, 0.6) is 0 Å². The van der Waals surface area contributed by atoms with Crippen molar-refractivity contribution in [3.05, 3.63) is 33.8 Å². The third-order valence-corrected chi connectivity index (χ3v) is 8.30. The van der Waals surface area contributed by atoms with Crippen molar-refractivity contribution in [3.8, 4) is 0 Å².